The molecular formula is C27H22N2O10. The molecule has 8 N–H and O–H groups in total. The lowest BCUT2D eigenvalue weighted by molar-refractivity contribution is -0.173. The fourth-order valence-corrected chi connectivity index (χ4v) is 5.45. The van der Waals surface area contributed by atoms with Crippen LogP contribution in [0.5, 0.6) is 17.2 Å². The topological polar surface area (TPSA) is 228 Å². The second kappa shape index (κ2) is 8.81. The first-order chi connectivity index (χ1) is 18.4. The number of hydrogen-bond acceptors (Lipinski definition) is 11. The van der Waals surface area contributed by atoms with Gasteiger partial charge in [0.05, 0.1) is 28.9 Å². The Hall–Kier alpha value is -4.97. The number of aliphatic hydroxyl groups is 1. The third-order valence-electron chi connectivity index (χ3n) is 7.31. The molecule has 1 saturated carbocycles. The number of carbonyl (C=O) groups excluding carboxylic acids is 5. The van der Waals surface area contributed by atoms with Gasteiger partial charge in [-0.25, -0.2) is 0 Å². The number of anilines is 1. The molecule has 12 nitrogen and oxygen atoms in total. The number of benzene rings is 3. The van der Waals surface area contributed by atoms with Gasteiger partial charge in [0.15, 0.2) is 23.1 Å². The molecule has 2 aliphatic carbocycles. The van der Waals surface area contributed by atoms with Crippen LogP contribution in [0.3, 0.4) is 0 Å². The molecule has 0 heterocycles. The largest absolute Gasteiger partial charge is 0.507 e. The maximum Gasteiger partial charge on any atom is 0.310 e. The van der Waals surface area contributed by atoms with Crippen LogP contribution in [0.25, 0.3) is 10.8 Å². The van der Waals surface area contributed by atoms with Crippen molar-refractivity contribution in [3.8, 4) is 17.2 Å². The quantitative estimate of drug-likeness (QED) is 0.117. The third-order valence-corrected chi connectivity index (χ3v) is 7.31. The van der Waals surface area contributed by atoms with Crippen molar-refractivity contribution >= 4 is 45.7 Å². The number of primary amides is 1. The average Bonchev–Trinajstić information content (AvgIpc) is 2.87. The van der Waals surface area contributed by atoms with E-state index in [1.807, 2.05) is 0 Å². The number of amides is 1. The summed E-state index contributed by atoms with van der Waals surface area (Å²) in [4.78, 5) is 64.7. The molecule has 3 aromatic carbocycles. The molecule has 1 fully saturated rings. The summed E-state index contributed by atoms with van der Waals surface area (Å²) >= 11 is 0. The van der Waals surface area contributed by atoms with Crippen molar-refractivity contribution in [3.63, 3.8) is 0 Å². The lowest BCUT2D eigenvalue weighted by atomic mass is 9.59. The van der Waals surface area contributed by atoms with Crippen molar-refractivity contribution in [1.29, 1.82) is 0 Å². The molecule has 0 saturated heterocycles. The number of fused-ring (bicyclic) bond motifs is 3. The van der Waals surface area contributed by atoms with Crippen molar-refractivity contribution in [2.24, 2.45) is 17.6 Å². The van der Waals surface area contributed by atoms with Gasteiger partial charge in [-0.1, -0.05) is 24.3 Å². The van der Waals surface area contributed by atoms with Gasteiger partial charge in [0.1, 0.15) is 23.4 Å². The third kappa shape index (κ3) is 3.67. The second-order valence-electron chi connectivity index (χ2n) is 9.59. The maximum absolute atomic E-state index is 13.7. The fourth-order valence-electron chi connectivity index (χ4n) is 5.45. The number of Topliss-reactive ketones (excluding diaryl/α,β-unsaturated/α-hetero) is 3. The SMILES string of the molecule is NC(=O)C1C(=O)C[C@@H]2[C@@H](OC(=O)Cc3ccc(N)cc3)c3c(c(O)c4c(O)cccc4c3O)C(=O)[C@]2(O)C1=O. The Morgan fingerprint density at radius 1 is 1.00 bits per heavy atom. The molecule has 0 spiro atoms. The van der Waals surface area contributed by atoms with Crippen molar-refractivity contribution in [2.45, 2.75) is 24.5 Å². The Morgan fingerprint density at radius 2 is 1.67 bits per heavy atom. The van der Waals surface area contributed by atoms with Gasteiger partial charge >= 0.3 is 5.97 Å². The van der Waals surface area contributed by atoms with Crippen LogP contribution >= 0.6 is 0 Å². The summed E-state index contributed by atoms with van der Waals surface area (Å²) in [5, 5.41) is 43.7. The van der Waals surface area contributed by atoms with Crippen LogP contribution in [0.15, 0.2) is 42.5 Å². The molecule has 2 aliphatic rings. The fraction of sp³-hybridized carbons (Fsp3) is 0.222. The number of phenols is 3. The molecule has 12 heteroatoms. The number of hydrogen-bond donors (Lipinski definition) is 6. The van der Waals surface area contributed by atoms with Crippen LogP contribution in [0, 0.1) is 11.8 Å². The van der Waals surface area contributed by atoms with Gasteiger partial charge in [-0.05, 0) is 23.8 Å². The second-order valence-corrected chi connectivity index (χ2v) is 9.59. The monoisotopic (exact) mass is 534 g/mol. The smallest absolute Gasteiger partial charge is 0.310 e. The summed E-state index contributed by atoms with van der Waals surface area (Å²) in [5.74, 6) is -12.4. The van der Waals surface area contributed by atoms with Crippen molar-refractivity contribution in [2.75, 3.05) is 5.73 Å². The van der Waals surface area contributed by atoms with E-state index in [0.717, 1.165) is 6.07 Å². The van der Waals surface area contributed by atoms with E-state index in [-0.39, 0.29) is 17.2 Å². The van der Waals surface area contributed by atoms with E-state index in [9.17, 15) is 44.4 Å². The number of esters is 1. The van der Waals surface area contributed by atoms with E-state index >= 15 is 0 Å². The van der Waals surface area contributed by atoms with Gasteiger partial charge in [0.2, 0.25) is 11.7 Å². The number of rotatable bonds is 4. The average molecular weight is 534 g/mol. The highest BCUT2D eigenvalue weighted by Crippen LogP contribution is 2.56. The Morgan fingerprint density at radius 3 is 2.31 bits per heavy atom. The first kappa shape index (κ1) is 25.7. The van der Waals surface area contributed by atoms with Crippen LogP contribution in [-0.2, 0) is 30.3 Å². The van der Waals surface area contributed by atoms with E-state index in [1.165, 1.54) is 12.1 Å². The zero-order valence-electron chi connectivity index (χ0n) is 20.1. The molecule has 5 rings (SSSR count). The van der Waals surface area contributed by atoms with Crippen LogP contribution in [-0.4, -0.2) is 55.3 Å². The molecule has 200 valence electrons. The molecule has 1 amide bonds. The van der Waals surface area contributed by atoms with Gasteiger partial charge < -0.3 is 36.6 Å². The van der Waals surface area contributed by atoms with Gasteiger partial charge in [0.25, 0.3) is 0 Å². The van der Waals surface area contributed by atoms with Gasteiger partial charge in [-0.3, -0.25) is 24.0 Å². The van der Waals surface area contributed by atoms with Crippen molar-refractivity contribution in [3.05, 3.63) is 59.2 Å². The number of ether oxygens (including phenoxy) is 1. The molecule has 0 aliphatic heterocycles. The Bertz CT molecular complexity index is 1610. The van der Waals surface area contributed by atoms with Crippen LogP contribution < -0.4 is 11.5 Å². The number of phenolic OH excluding ortho intramolecular Hbond substituents is 3. The Kier molecular flexibility index (Phi) is 5.80. The Balaban J connectivity index is 1.73. The molecule has 39 heavy (non-hydrogen) atoms. The van der Waals surface area contributed by atoms with Gasteiger partial charge in [-0.2, -0.15) is 0 Å². The van der Waals surface area contributed by atoms with Crippen molar-refractivity contribution in [1.82, 2.24) is 0 Å². The highest BCUT2D eigenvalue weighted by Gasteiger charge is 2.66. The number of aromatic hydroxyl groups is 3. The number of carbonyl (C=O) groups is 5. The molecule has 0 bridgehead atoms. The number of nitrogens with two attached hydrogens (primary N) is 2. The minimum Gasteiger partial charge on any atom is -0.507 e. The van der Waals surface area contributed by atoms with Gasteiger partial charge in [-0.15, -0.1) is 0 Å². The number of ketones is 3. The van der Waals surface area contributed by atoms with Crippen LogP contribution in [0.2, 0.25) is 0 Å². The van der Waals surface area contributed by atoms with E-state index < -0.39 is 87.6 Å². The number of nitrogen functional groups attached to an aromatic ring is 1. The van der Waals surface area contributed by atoms with E-state index in [4.69, 9.17) is 16.2 Å². The molecule has 1 unspecified atom stereocenters. The first-order valence-electron chi connectivity index (χ1n) is 11.7. The first-order valence-corrected chi connectivity index (χ1v) is 11.7. The lowest BCUT2D eigenvalue weighted by Gasteiger charge is -2.46. The molecule has 4 atom stereocenters. The van der Waals surface area contributed by atoms with E-state index in [2.05, 4.69) is 0 Å². The summed E-state index contributed by atoms with van der Waals surface area (Å²) < 4.78 is 5.61. The Labute approximate surface area is 219 Å². The van der Waals surface area contributed by atoms with Crippen LogP contribution in [0.1, 0.15) is 34.0 Å². The molecule has 0 radical (unpaired) electrons. The summed E-state index contributed by atoms with van der Waals surface area (Å²) in [6.45, 7) is 0. The summed E-state index contributed by atoms with van der Waals surface area (Å²) in [5.41, 5.74) is 7.38. The predicted molar refractivity (Wildman–Crippen MR) is 132 cm³/mol. The van der Waals surface area contributed by atoms with Crippen molar-refractivity contribution < 1.29 is 49.1 Å². The molecular weight excluding hydrogens is 512 g/mol. The highest BCUT2D eigenvalue weighted by molar-refractivity contribution is 6.32. The normalized spacial score (nSPS) is 24.2. The minimum absolute atomic E-state index is 0.132. The van der Waals surface area contributed by atoms with Crippen LogP contribution in [0.4, 0.5) is 5.69 Å². The van der Waals surface area contributed by atoms with Gasteiger partial charge in [0, 0.05) is 17.5 Å². The summed E-state index contributed by atoms with van der Waals surface area (Å²) in [6.07, 6.45) is -2.93. The van der Waals surface area contributed by atoms with E-state index in [1.54, 1.807) is 24.3 Å². The maximum atomic E-state index is 13.7. The zero-order valence-corrected chi connectivity index (χ0v) is 20.1. The minimum atomic E-state index is -3.13. The summed E-state index contributed by atoms with van der Waals surface area (Å²) in [7, 11) is 0. The highest BCUT2D eigenvalue weighted by atomic mass is 16.5. The lowest BCUT2D eigenvalue weighted by Crippen LogP contribution is -2.65. The standard InChI is InChI=1S/C27H22N2O10/c28-11-6-4-10(5-7-11)8-16(32)39-23-13-9-15(31)18(26(29)37)24(35)27(13,38)25(36)20-19(23)21(33)12-2-1-3-14(30)17(12)22(20)34/h1-7,13,18,23,30,33-34,38H,8-9,28H2,(H2,29,37)/t13-,18?,23-,27-/m1/s1. The van der Waals surface area contributed by atoms with E-state index in [0.29, 0.717) is 11.3 Å². The predicted octanol–water partition coefficient (Wildman–Crippen LogP) is 0.553. The summed E-state index contributed by atoms with van der Waals surface area (Å²) in [6, 6.07) is 10.0. The zero-order chi connectivity index (χ0) is 28.4. The molecule has 3 aromatic rings. The molecule has 0 aromatic heterocycles.